The Morgan fingerprint density at radius 3 is 2.52 bits per heavy atom. The number of rotatable bonds is 5. The van der Waals surface area contributed by atoms with Crippen molar-refractivity contribution >= 4 is 11.6 Å². The zero-order valence-corrected chi connectivity index (χ0v) is 16.1. The summed E-state index contributed by atoms with van der Waals surface area (Å²) in [5.74, 6) is 2.35. The van der Waals surface area contributed by atoms with Crippen molar-refractivity contribution in [1.82, 2.24) is 0 Å². The first-order valence-corrected chi connectivity index (χ1v) is 9.29. The minimum absolute atomic E-state index is 0.109. The van der Waals surface area contributed by atoms with Crippen molar-refractivity contribution in [3.8, 4) is 18.1 Å². The van der Waals surface area contributed by atoms with Gasteiger partial charge in [0.1, 0.15) is 36.3 Å². The van der Waals surface area contributed by atoms with Crippen molar-refractivity contribution < 1.29 is 34.0 Å². The lowest BCUT2D eigenvalue weighted by molar-refractivity contribution is -0.232. The summed E-state index contributed by atoms with van der Waals surface area (Å²) in [6.07, 6.45) is -1.54. The van der Waals surface area contributed by atoms with Crippen molar-refractivity contribution in [2.45, 2.75) is 36.9 Å². The fourth-order valence-electron chi connectivity index (χ4n) is 3.36. The number of hydrogen-bond acceptors (Lipinski definition) is 6. The van der Waals surface area contributed by atoms with Crippen molar-refractivity contribution in [1.29, 1.82) is 0 Å². The number of terminal acetylenes is 1. The molecule has 2 aromatic rings. The molecule has 0 aromatic heterocycles. The fraction of sp³-hybridized carbons (Fsp3) is 0.364. The van der Waals surface area contributed by atoms with Crippen LogP contribution >= 0.6 is 11.6 Å². The highest BCUT2D eigenvalue weighted by molar-refractivity contribution is 6.31. The van der Waals surface area contributed by atoms with E-state index in [1.807, 2.05) is 12.1 Å². The third kappa shape index (κ3) is 4.41. The SMILES string of the molecule is [2H]C([2H])([2H])Oc1cc(Cl)c(Cc2ccc(C#C)cc2)cc1[C@@H]1O[C@H](CO)[C@@H](O)[C@H](O)[C@H]1O. The molecular formula is C22H23ClO6. The number of halogens is 1. The lowest BCUT2D eigenvalue weighted by Crippen LogP contribution is -2.55. The molecule has 0 saturated carbocycles. The molecule has 0 amide bonds. The summed E-state index contributed by atoms with van der Waals surface area (Å²) in [7, 11) is -2.82. The van der Waals surface area contributed by atoms with E-state index in [2.05, 4.69) is 5.92 Å². The van der Waals surface area contributed by atoms with Crippen LogP contribution in [0.5, 0.6) is 5.75 Å². The molecular weight excluding hydrogens is 396 g/mol. The molecule has 154 valence electrons. The van der Waals surface area contributed by atoms with Gasteiger partial charge in [0.05, 0.1) is 17.8 Å². The fourth-order valence-corrected chi connectivity index (χ4v) is 3.58. The van der Waals surface area contributed by atoms with E-state index in [4.69, 9.17) is 31.6 Å². The molecule has 1 aliphatic heterocycles. The van der Waals surface area contributed by atoms with Crippen LogP contribution in [-0.2, 0) is 11.2 Å². The predicted molar refractivity (Wildman–Crippen MR) is 108 cm³/mol. The maximum atomic E-state index is 10.5. The minimum atomic E-state index is -2.82. The van der Waals surface area contributed by atoms with E-state index in [1.165, 1.54) is 12.1 Å². The van der Waals surface area contributed by atoms with Gasteiger partial charge in [-0.3, -0.25) is 0 Å². The third-order valence-electron chi connectivity index (χ3n) is 5.00. The Morgan fingerprint density at radius 1 is 1.17 bits per heavy atom. The summed E-state index contributed by atoms with van der Waals surface area (Å²) in [5.41, 5.74) is 2.26. The Balaban J connectivity index is 2.04. The summed E-state index contributed by atoms with van der Waals surface area (Å²) < 4.78 is 33.0. The molecule has 2 aromatic carbocycles. The van der Waals surface area contributed by atoms with Crippen LogP contribution in [0, 0.1) is 12.3 Å². The van der Waals surface area contributed by atoms with Gasteiger partial charge in [-0.05, 0) is 41.8 Å². The van der Waals surface area contributed by atoms with Crippen LogP contribution in [0.4, 0.5) is 0 Å². The van der Waals surface area contributed by atoms with Crippen LogP contribution < -0.4 is 4.74 Å². The van der Waals surface area contributed by atoms with Crippen LogP contribution in [0.15, 0.2) is 36.4 Å². The Bertz CT molecular complexity index is 987. The highest BCUT2D eigenvalue weighted by Crippen LogP contribution is 2.39. The molecule has 0 bridgehead atoms. The zero-order valence-electron chi connectivity index (χ0n) is 18.3. The summed E-state index contributed by atoms with van der Waals surface area (Å²) >= 11 is 6.39. The Kier molecular flexibility index (Phi) is 5.59. The standard InChI is InChI=1S/C22H23ClO6/c1-3-12-4-6-13(7-5-12)8-14-9-15(17(28-2)10-16(14)23)22-21(27)20(26)19(25)18(11-24)29-22/h1,4-7,9-10,18-22,24-27H,8,11H2,2H3/t18-,19-,20+,21-,22+/m1/s1/i2D3. The van der Waals surface area contributed by atoms with E-state index in [0.717, 1.165) is 5.56 Å². The summed E-state index contributed by atoms with van der Waals surface area (Å²) in [6, 6.07) is 10.0. The van der Waals surface area contributed by atoms with Gasteiger partial charge in [-0.2, -0.15) is 0 Å². The number of ether oxygens (including phenoxy) is 2. The van der Waals surface area contributed by atoms with Crippen LogP contribution in [0.25, 0.3) is 0 Å². The summed E-state index contributed by atoms with van der Waals surface area (Å²) in [5, 5.41) is 40.5. The summed E-state index contributed by atoms with van der Waals surface area (Å²) in [6.45, 7) is -0.626. The van der Waals surface area contributed by atoms with Gasteiger partial charge in [0.2, 0.25) is 0 Å². The minimum Gasteiger partial charge on any atom is -0.496 e. The molecule has 3 rings (SSSR count). The van der Waals surface area contributed by atoms with E-state index in [1.54, 1.807) is 12.1 Å². The first-order chi connectivity index (χ1) is 15.0. The van der Waals surface area contributed by atoms with Gasteiger partial charge in [-0.15, -0.1) is 6.42 Å². The molecule has 0 radical (unpaired) electrons. The monoisotopic (exact) mass is 421 g/mol. The number of hydrogen-bond donors (Lipinski definition) is 4. The van der Waals surface area contributed by atoms with Gasteiger partial charge in [0.15, 0.2) is 0 Å². The molecule has 29 heavy (non-hydrogen) atoms. The highest BCUT2D eigenvalue weighted by Gasteiger charge is 2.45. The number of methoxy groups -OCH3 is 1. The molecule has 0 aliphatic carbocycles. The lowest BCUT2D eigenvalue weighted by atomic mass is 9.89. The normalized spacial score (nSPS) is 28.7. The van der Waals surface area contributed by atoms with Crippen molar-refractivity contribution in [3.05, 3.63) is 63.7 Å². The van der Waals surface area contributed by atoms with Crippen molar-refractivity contribution in [2.75, 3.05) is 13.6 Å². The molecule has 4 N–H and O–H groups in total. The van der Waals surface area contributed by atoms with E-state index < -0.39 is 44.2 Å². The Morgan fingerprint density at radius 2 is 1.90 bits per heavy atom. The molecule has 1 fully saturated rings. The second-order valence-corrected chi connectivity index (χ2v) is 7.26. The van der Waals surface area contributed by atoms with Crippen LogP contribution in [-0.4, -0.2) is 58.5 Å². The molecule has 1 aliphatic rings. The zero-order chi connectivity index (χ0) is 23.6. The van der Waals surface area contributed by atoms with Gasteiger partial charge in [-0.1, -0.05) is 29.7 Å². The van der Waals surface area contributed by atoms with Crippen LogP contribution in [0.1, 0.15) is 32.5 Å². The first-order valence-electron chi connectivity index (χ1n) is 10.4. The molecule has 1 saturated heterocycles. The molecule has 7 heteroatoms. The predicted octanol–water partition coefficient (Wildman–Crippen LogP) is 1.44. The van der Waals surface area contributed by atoms with Gasteiger partial charge >= 0.3 is 0 Å². The molecule has 0 unspecified atom stereocenters. The lowest BCUT2D eigenvalue weighted by Gasteiger charge is -2.40. The summed E-state index contributed by atoms with van der Waals surface area (Å²) in [4.78, 5) is 0. The average molecular weight is 422 g/mol. The number of aliphatic hydroxyl groups is 4. The first kappa shape index (κ1) is 17.7. The maximum absolute atomic E-state index is 10.5. The van der Waals surface area contributed by atoms with E-state index >= 15 is 0 Å². The molecule has 5 atom stereocenters. The Hall–Kier alpha value is -2.11. The Labute approximate surface area is 178 Å². The smallest absolute Gasteiger partial charge is 0.126 e. The van der Waals surface area contributed by atoms with Gasteiger partial charge < -0.3 is 29.9 Å². The van der Waals surface area contributed by atoms with E-state index in [-0.39, 0.29) is 16.3 Å². The molecule has 1 heterocycles. The number of aliphatic hydroxyl groups excluding tert-OH is 4. The maximum Gasteiger partial charge on any atom is 0.126 e. The van der Waals surface area contributed by atoms with Gasteiger partial charge in [0, 0.05) is 16.1 Å². The van der Waals surface area contributed by atoms with E-state index in [9.17, 15) is 20.4 Å². The van der Waals surface area contributed by atoms with Crippen molar-refractivity contribution in [2.24, 2.45) is 0 Å². The van der Waals surface area contributed by atoms with Crippen LogP contribution in [0.3, 0.4) is 0 Å². The second kappa shape index (κ2) is 9.14. The van der Waals surface area contributed by atoms with Gasteiger partial charge in [-0.25, -0.2) is 0 Å². The van der Waals surface area contributed by atoms with E-state index in [0.29, 0.717) is 17.5 Å². The average Bonchev–Trinajstić information content (AvgIpc) is 2.74. The van der Waals surface area contributed by atoms with Crippen LogP contribution in [0.2, 0.25) is 5.02 Å². The highest BCUT2D eigenvalue weighted by atomic mass is 35.5. The molecule has 6 nitrogen and oxygen atoms in total. The topological polar surface area (TPSA) is 99.4 Å². The van der Waals surface area contributed by atoms with Crippen molar-refractivity contribution in [3.63, 3.8) is 0 Å². The van der Waals surface area contributed by atoms with Gasteiger partial charge in [0.25, 0.3) is 0 Å². The second-order valence-electron chi connectivity index (χ2n) is 6.85. The number of benzene rings is 2. The third-order valence-corrected chi connectivity index (χ3v) is 5.35. The largest absolute Gasteiger partial charge is 0.496 e. The molecule has 0 spiro atoms. The quantitative estimate of drug-likeness (QED) is 0.545.